The summed E-state index contributed by atoms with van der Waals surface area (Å²) in [6.07, 6.45) is 1.83. The molecule has 1 N–H and O–H groups in total. The number of ether oxygens (including phenoxy) is 2. The van der Waals surface area contributed by atoms with E-state index in [2.05, 4.69) is 69.1 Å². The quantitative estimate of drug-likeness (QED) is 0.500. The molecule has 6 heteroatoms. The van der Waals surface area contributed by atoms with Crippen LogP contribution in [0.2, 0.25) is 5.02 Å². The van der Waals surface area contributed by atoms with Gasteiger partial charge in [0.2, 0.25) is 0 Å². The molecule has 3 atom stereocenters. The highest BCUT2D eigenvalue weighted by Crippen LogP contribution is 2.44. The fourth-order valence-electron chi connectivity index (χ4n) is 4.24. The number of aromatic nitrogens is 1. The Kier molecular flexibility index (Phi) is 4.97. The Hall–Kier alpha value is -1.37. The molecule has 3 heterocycles. The summed E-state index contributed by atoms with van der Waals surface area (Å²) in [5.41, 5.74) is 4.96. The van der Waals surface area contributed by atoms with Gasteiger partial charge in [0.25, 0.3) is 0 Å². The Balaban J connectivity index is 1.57. The van der Waals surface area contributed by atoms with Crippen molar-refractivity contribution in [3.63, 3.8) is 0 Å². The van der Waals surface area contributed by atoms with Crippen LogP contribution in [0.1, 0.15) is 36.2 Å². The van der Waals surface area contributed by atoms with Crippen LogP contribution in [-0.4, -0.2) is 35.6 Å². The van der Waals surface area contributed by atoms with Crippen molar-refractivity contribution in [3.05, 3.63) is 68.8 Å². The lowest BCUT2D eigenvalue weighted by molar-refractivity contribution is 0.0504. The highest BCUT2D eigenvalue weighted by molar-refractivity contribution is 9.10. The van der Waals surface area contributed by atoms with E-state index in [0.29, 0.717) is 0 Å². The van der Waals surface area contributed by atoms with Gasteiger partial charge in [-0.05, 0) is 54.3 Å². The highest BCUT2D eigenvalue weighted by atomic mass is 79.9. The topological polar surface area (TPSA) is 40.8 Å². The van der Waals surface area contributed by atoms with Gasteiger partial charge in [0.1, 0.15) is 0 Å². The van der Waals surface area contributed by atoms with E-state index in [0.717, 1.165) is 41.0 Å². The number of fused-ring (bicyclic) bond motifs is 3. The maximum Gasteiger partial charge on any atom is 0.199 e. The van der Waals surface area contributed by atoms with Gasteiger partial charge in [-0.15, -0.1) is 0 Å². The van der Waals surface area contributed by atoms with Crippen LogP contribution in [0.25, 0.3) is 10.9 Å². The van der Waals surface area contributed by atoms with Crippen molar-refractivity contribution in [1.82, 2.24) is 9.88 Å². The number of hydrogen-bond donors (Lipinski definition) is 1. The number of halogens is 2. The molecular weight excluding hydrogens is 440 g/mol. The van der Waals surface area contributed by atoms with Gasteiger partial charge in [-0.25, -0.2) is 0 Å². The zero-order valence-corrected chi connectivity index (χ0v) is 18.0. The molecule has 0 saturated carbocycles. The predicted octanol–water partition coefficient (Wildman–Crippen LogP) is 5.64. The summed E-state index contributed by atoms with van der Waals surface area (Å²) in [6, 6.07) is 14.7. The molecule has 28 heavy (non-hydrogen) atoms. The van der Waals surface area contributed by atoms with Crippen molar-refractivity contribution in [3.8, 4) is 0 Å². The summed E-state index contributed by atoms with van der Waals surface area (Å²) in [4.78, 5) is 6.09. The molecule has 5 rings (SSSR count). The number of nitrogens with one attached hydrogen (secondary N) is 1. The summed E-state index contributed by atoms with van der Waals surface area (Å²) in [5.74, 6) is 0. The van der Waals surface area contributed by atoms with E-state index in [4.69, 9.17) is 21.1 Å². The van der Waals surface area contributed by atoms with Gasteiger partial charge in [0.15, 0.2) is 12.5 Å². The van der Waals surface area contributed by atoms with Crippen LogP contribution in [-0.2, 0) is 15.9 Å². The standard InChI is InChI=1S/C22H22BrClN2O2/c1-2-11-27-22-21(28-22)26-10-9-16-17-12-15(24)7-8-18(17)25-19(16)20(26)13-3-5-14(23)6-4-13/h3-8,12,20-22,25H,2,9-11H2,1H3. The molecule has 146 valence electrons. The number of aromatic amines is 1. The van der Waals surface area contributed by atoms with E-state index in [1.165, 1.54) is 22.2 Å². The molecule has 0 aliphatic carbocycles. The Morgan fingerprint density at radius 1 is 1.25 bits per heavy atom. The van der Waals surface area contributed by atoms with Crippen molar-refractivity contribution in [2.24, 2.45) is 0 Å². The second-order valence-corrected chi connectivity index (χ2v) is 8.77. The molecule has 3 aromatic rings. The lowest BCUT2D eigenvalue weighted by Gasteiger charge is -2.35. The summed E-state index contributed by atoms with van der Waals surface area (Å²) in [7, 11) is 0. The lowest BCUT2D eigenvalue weighted by Crippen LogP contribution is -2.39. The van der Waals surface area contributed by atoms with Crippen LogP contribution in [0, 0.1) is 0 Å². The number of epoxide rings is 1. The van der Waals surface area contributed by atoms with Crippen molar-refractivity contribution in [2.45, 2.75) is 38.3 Å². The zero-order chi connectivity index (χ0) is 19.3. The van der Waals surface area contributed by atoms with Crippen LogP contribution in [0.4, 0.5) is 0 Å². The molecule has 0 spiro atoms. The maximum absolute atomic E-state index is 6.28. The molecule has 2 aliphatic heterocycles. The monoisotopic (exact) mass is 460 g/mol. The fourth-order valence-corrected chi connectivity index (χ4v) is 4.68. The fraction of sp³-hybridized carbons (Fsp3) is 0.364. The largest absolute Gasteiger partial charge is 0.357 e. The van der Waals surface area contributed by atoms with Crippen molar-refractivity contribution < 1.29 is 9.47 Å². The number of rotatable bonds is 5. The molecule has 1 saturated heterocycles. The first-order chi connectivity index (χ1) is 13.7. The Morgan fingerprint density at radius 3 is 2.86 bits per heavy atom. The molecule has 1 fully saturated rings. The average Bonchev–Trinajstić information content (AvgIpc) is 3.38. The second-order valence-electron chi connectivity index (χ2n) is 7.41. The third-order valence-corrected chi connectivity index (χ3v) is 6.32. The minimum atomic E-state index is -0.127. The summed E-state index contributed by atoms with van der Waals surface area (Å²) >= 11 is 9.83. The van der Waals surface area contributed by atoms with E-state index in [1.54, 1.807) is 0 Å². The van der Waals surface area contributed by atoms with Crippen LogP contribution < -0.4 is 0 Å². The minimum absolute atomic E-state index is 0.00310. The first-order valence-electron chi connectivity index (χ1n) is 9.74. The smallest absolute Gasteiger partial charge is 0.199 e. The number of hydrogen-bond acceptors (Lipinski definition) is 3. The molecule has 3 unspecified atom stereocenters. The van der Waals surface area contributed by atoms with Crippen molar-refractivity contribution in [1.29, 1.82) is 0 Å². The summed E-state index contributed by atoms with van der Waals surface area (Å²) < 4.78 is 12.8. The first-order valence-corrected chi connectivity index (χ1v) is 10.9. The SMILES string of the molecule is CCCOC1OC1N1CCc2c([nH]c3ccc(Cl)cc23)C1c1ccc(Br)cc1. The maximum atomic E-state index is 6.28. The van der Waals surface area contributed by atoms with Crippen molar-refractivity contribution in [2.75, 3.05) is 13.2 Å². The van der Waals surface area contributed by atoms with Crippen LogP contribution in [0.5, 0.6) is 0 Å². The van der Waals surface area contributed by atoms with E-state index in [1.807, 2.05) is 6.07 Å². The Labute approximate surface area is 177 Å². The molecule has 0 radical (unpaired) electrons. The zero-order valence-electron chi connectivity index (χ0n) is 15.6. The molecule has 0 bridgehead atoms. The van der Waals surface area contributed by atoms with Gasteiger partial charge < -0.3 is 14.5 Å². The third kappa shape index (κ3) is 3.29. The third-order valence-electron chi connectivity index (χ3n) is 5.55. The van der Waals surface area contributed by atoms with Gasteiger partial charge in [-0.1, -0.05) is 46.6 Å². The van der Waals surface area contributed by atoms with Gasteiger partial charge in [-0.2, -0.15) is 0 Å². The Bertz CT molecular complexity index is 1000. The average molecular weight is 462 g/mol. The minimum Gasteiger partial charge on any atom is -0.357 e. The molecule has 2 aromatic carbocycles. The second kappa shape index (κ2) is 7.47. The molecular formula is C22H22BrClN2O2. The molecule has 4 nitrogen and oxygen atoms in total. The van der Waals surface area contributed by atoms with E-state index in [-0.39, 0.29) is 18.6 Å². The normalized spacial score (nSPS) is 24.5. The molecule has 0 amide bonds. The number of nitrogens with zero attached hydrogens (tertiary/aromatic N) is 1. The van der Waals surface area contributed by atoms with Crippen molar-refractivity contribution >= 4 is 38.4 Å². The van der Waals surface area contributed by atoms with Gasteiger partial charge >= 0.3 is 0 Å². The Morgan fingerprint density at radius 2 is 2.07 bits per heavy atom. The van der Waals surface area contributed by atoms with Gasteiger partial charge in [-0.3, -0.25) is 4.90 Å². The first kappa shape index (κ1) is 18.6. The van der Waals surface area contributed by atoms with Gasteiger partial charge in [0.05, 0.1) is 6.04 Å². The number of H-pyrrole nitrogens is 1. The van der Waals surface area contributed by atoms with Crippen LogP contribution >= 0.6 is 27.5 Å². The summed E-state index contributed by atoms with van der Waals surface area (Å²) in [5, 5.41) is 2.00. The highest BCUT2D eigenvalue weighted by Gasteiger charge is 2.49. The molecule has 1 aromatic heterocycles. The number of benzene rings is 2. The predicted molar refractivity (Wildman–Crippen MR) is 115 cm³/mol. The van der Waals surface area contributed by atoms with Crippen LogP contribution in [0.15, 0.2) is 46.9 Å². The molecule has 2 aliphatic rings. The van der Waals surface area contributed by atoms with E-state index < -0.39 is 0 Å². The van der Waals surface area contributed by atoms with E-state index in [9.17, 15) is 0 Å². The summed E-state index contributed by atoms with van der Waals surface area (Å²) in [6.45, 7) is 3.77. The van der Waals surface area contributed by atoms with Crippen LogP contribution in [0.3, 0.4) is 0 Å². The lowest BCUT2D eigenvalue weighted by atomic mass is 9.92. The van der Waals surface area contributed by atoms with Gasteiger partial charge in [0, 0.05) is 39.2 Å². The van der Waals surface area contributed by atoms with E-state index >= 15 is 0 Å².